The van der Waals surface area contributed by atoms with Gasteiger partial charge in [0.25, 0.3) is 0 Å². The zero-order valence-electron chi connectivity index (χ0n) is 15.4. The predicted molar refractivity (Wildman–Crippen MR) is 132 cm³/mol. The molecule has 0 bridgehead atoms. The maximum Gasteiger partial charge on any atom is 0.419 e. The molecule has 0 fully saturated rings. The first-order valence-corrected chi connectivity index (χ1v) is 11.5. The fraction of sp³-hybridized carbons (Fsp3) is 0.353. The van der Waals surface area contributed by atoms with Crippen LogP contribution in [0.1, 0.15) is 26.3 Å². The van der Waals surface area contributed by atoms with Crippen molar-refractivity contribution in [2.24, 2.45) is 0 Å². The minimum Gasteiger partial charge on any atom is -0.443 e. The van der Waals surface area contributed by atoms with Gasteiger partial charge in [0.1, 0.15) is 27.9 Å². The number of ether oxygens (including phenoxy) is 1. The van der Waals surface area contributed by atoms with Crippen LogP contribution in [0.25, 0.3) is 10.9 Å². The molecule has 0 spiro atoms. The highest BCUT2D eigenvalue weighted by atomic mass is 127. The molecule has 0 saturated carbocycles. The molecule has 1 aromatic carbocycles. The van der Waals surface area contributed by atoms with Crippen LogP contribution in [0, 0.1) is 17.1 Å². The molecule has 6 nitrogen and oxygen atoms in total. The Kier molecular flexibility index (Phi) is 8.45. The summed E-state index contributed by atoms with van der Waals surface area (Å²) in [5.74, 6) is -0.672. The maximum atomic E-state index is 14.7. The van der Waals surface area contributed by atoms with Crippen LogP contribution in [0.2, 0.25) is 10.2 Å². The van der Waals surface area contributed by atoms with Crippen LogP contribution in [0.15, 0.2) is 10.5 Å². The topological polar surface area (TPSA) is 69.5 Å². The highest BCUT2D eigenvalue weighted by molar-refractivity contribution is 14.1. The van der Waals surface area contributed by atoms with E-state index >= 15 is 0 Å². The summed E-state index contributed by atoms with van der Waals surface area (Å²) in [6, 6.07) is 3.53. The van der Waals surface area contributed by atoms with Crippen LogP contribution in [-0.2, 0) is 4.74 Å². The molecule has 1 amide bonds. The Bertz CT molecular complexity index is 1010. The number of anilines is 1. The molecule has 0 radical (unpaired) electrons. The summed E-state index contributed by atoms with van der Waals surface area (Å²) in [6.07, 6.45) is -0.487. The number of hydrogen-bond acceptors (Lipinski definition) is 5. The summed E-state index contributed by atoms with van der Waals surface area (Å²) in [4.78, 5) is 16.2. The highest BCUT2D eigenvalue weighted by Gasteiger charge is 2.25. The Morgan fingerprint density at radius 2 is 2.00 bits per heavy atom. The summed E-state index contributed by atoms with van der Waals surface area (Å²) in [7, 11) is 0. The highest BCUT2D eigenvalue weighted by Crippen LogP contribution is 2.40. The molecule has 2 rings (SSSR count). The summed E-state index contributed by atoms with van der Waals surface area (Å²) in [5.41, 5.74) is -0.177. The lowest BCUT2D eigenvalue weighted by molar-refractivity contribution is 0.0433. The van der Waals surface area contributed by atoms with E-state index in [0.29, 0.717) is 17.6 Å². The van der Waals surface area contributed by atoms with Gasteiger partial charge in [-0.25, -0.2) is 17.3 Å². The first-order valence-electron chi connectivity index (χ1n) is 8.03. The van der Waals surface area contributed by atoms with E-state index in [-0.39, 0.29) is 32.3 Å². The molecule has 0 aliphatic rings. The van der Waals surface area contributed by atoms with Crippen molar-refractivity contribution in [2.45, 2.75) is 26.4 Å². The Hall–Kier alpha value is -0.360. The second kappa shape index (κ2) is 9.84. The van der Waals surface area contributed by atoms with Gasteiger partial charge in [-0.2, -0.15) is 5.26 Å². The monoisotopic (exact) mass is 728 g/mol. The van der Waals surface area contributed by atoms with Gasteiger partial charge in [0, 0.05) is 11.9 Å². The minimum absolute atomic E-state index is 0.0135. The van der Waals surface area contributed by atoms with Crippen LogP contribution in [0.3, 0.4) is 0 Å². The number of fused-ring (bicyclic) bond motifs is 1. The Morgan fingerprint density at radius 3 is 2.55 bits per heavy atom. The minimum atomic E-state index is -0.672. The second-order valence-corrected chi connectivity index (χ2v) is 10.7. The van der Waals surface area contributed by atoms with E-state index in [9.17, 15) is 14.4 Å². The SMILES string of the molecule is CC(C)(C)OC(=O)N(I)CCN(I)c1c(C#N)c(Cl)nc2c(F)c(Br)c(Cl)cc12. The van der Waals surface area contributed by atoms with Crippen molar-refractivity contribution in [1.29, 1.82) is 5.26 Å². The summed E-state index contributed by atoms with van der Waals surface area (Å²) < 4.78 is 23.1. The number of rotatable bonds is 4. The van der Waals surface area contributed by atoms with Gasteiger partial charge in [-0.1, -0.05) is 23.2 Å². The van der Waals surface area contributed by atoms with Crippen LogP contribution < -0.4 is 3.11 Å². The van der Waals surface area contributed by atoms with Crippen molar-refractivity contribution in [1.82, 2.24) is 8.10 Å². The fourth-order valence-electron chi connectivity index (χ4n) is 2.30. The number of benzene rings is 1. The average Bonchev–Trinajstić information content (AvgIpc) is 2.62. The second-order valence-electron chi connectivity index (χ2n) is 6.77. The van der Waals surface area contributed by atoms with E-state index < -0.39 is 17.5 Å². The number of nitrogens with zero attached hydrogens (tertiary/aromatic N) is 4. The quantitative estimate of drug-likeness (QED) is 0.146. The number of aromatic nitrogens is 1. The number of amides is 1. The Labute approximate surface area is 213 Å². The molecule has 156 valence electrons. The van der Waals surface area contributed by atoms with Gasteiger partial charge in [0.15, 0.2) is 5.82 Å². The van der Waals surface area contributed by atoms with Crippen molar-refractivity contribution < 1.29 is 13.9 Å². The third kappa shape index (κ3) is 5.87. The third-order valence-corrected chi connectivity index (χ3v) is 6.90. The number of carbonyl (C=O) groups excluding carboxylic acids is 1. The van der Waals surface area contributed by atoms with Gasteiger partial charge in [-0.15, -0.1) is 0 Å². The number of halogens is 6. The lowest BCUT2D eigenvalue weighted by Gasteiger charge is -2.25. The van der Waals surface area contributed by atoms with Gasteiger partial charge >= 0.3 is 6.09 Å². The molecule has 29 heavy (non-hydrogen) atoms. The molecular formula is C17H14BrCl2FI2N4O2. The standard InChI is InChI=1S/C17H14BrCl2FI2N4O2/c1-17(2,3)29-16(28)27(23)5-4-26(22)14-8-6-10(19)11(18)12(21)13(8)25-15(20)9(14)7-24/h6H,4-5H2,1-3H3. The first-order chi connectivity index (χ1) is 13.4. The number of pyridine rings is 1. The summed E-state index contributed by atoms with van der Waals surface area (Å²) in [6.45, 7) is 5.92. The molecule has 12 heteroatoms. The van der Waals surface area contributed by atoms with Gasteiger partial charge < -0.3 is 7.85 Å². The van der Waals surface area contributed by atoms with Crippen molar-refractivity contribution in [2.75, 3.05) is 16.2 Å². The number of hydrogen-bond donors (Lipinski definition) is 0. The lowest BCUT2D eigenvalue weighted by atomic mass is 10.1. The van der Waals surface area contributed by atoms with Gasteiger partial charge in [-0.3, -0.25) is 0 Å². The molecule has 2 aromatic rings. The fourth-order valence-corrected chi connectivity index (χ4v) is 4.04. The predicted octanol–water partition coefficient (Wildman–Crippen LogP) is 7.06. The van der Waals surface area contributed by atoms with Crippen molar-refractivity contribution in [3.63, 3.8) is 0 Å². The molecule has 0 atom stereocenters. The van der Waals surface area contributed by atoms with Crippen LogP contribution >= 0.6 is 84.9 Å². The van der Waals surface area contributed by atoms with E-state index in [1.54, 1.807) is 23.9 Å². The average molecular weight is 730 g/mol. The van der Waals surface area contributed by atoms with Crippen LogP contribution in [0.5, 0.6) is 0 Å². The van der Waals surface area contributed by atoms with E-state index in [4.69, 9.17) is 27.9 Å². The molecule has 0 saturated heterocycles. The molecular weight excluding hydrogens is 716 g/mol. The largest absolute Gasteiger partial charge is 0.443 e. The first kappa shape index (κ1) is 24.9. The third-order valence-electron chi connectivity index (χ3n) is 3.48. The van der Waals surface area contributed by atoms with Crippen LogP contribution in [-0.4, -0.2) is 32.9 Å². The van der Waals surface area contributed by atoms with Crippen molar-refractivity contribution >= 4 is 108 Å². The Balaban J connectivity index is 2.41. The molecule has 0 aliphatic heterocycles. The molecule has 1 heterocycles. The lowest BCUT2D eigenvalue weighted by Crippen LogP contribution is -2.34. The normalized spacial score (nSPS) is 11.3. The summed E-state index contributed by atoms with van der Waals surface area (Å²) >= 11 is 19.2. The smallest absolute Gasteiger partial charge is 0.419 e. The number of nitriles is 1. The zero-order chi connectivity index (χ0) is 22.1. The van der Waals surface area contributed by atoms with Crippen molar-refractivity contribution in [3.05, 3.63) is 32.1 Å². The maximum absolute atomic E-state index is 14.7. The van der Waals surface area contributed by atoms with Gasteiger partial charge in [0.05, 0.1) is 67.5 Å². The van der Waals surface area contributed by atoms with Crippen molar-refractivity contribution in [3.8, 4) is 6.07 Å². The molecule has 1 aromatic heterocycles. The molecule has 0 aliphatic carbocycles. The van der Waals surface area contributed by atoms with E-state index in [0.717, 1.165) is 0 Å². The Morgan fingerprint density at radius 1 is 1.38 bits per heavy atom. The number of carbonyl (C=O) groups is 1. The molecule has 0 N–H and O–H groups in total. The van der Waals surface area contributed by atoms with Crippen LogP contribution in [0.4, 0.5) is 14.9 Å². The summed E-state index contributed by atoms with van der Waals surface area (Å²) in [5, 5.41) is 9.92. The van der Waals surface area contributed by atoms with Gasteiger partial charge in [-0.05, 0) is 42.8 Å². The van der Waals surface area contributed by atoms with E-state index in [2.05, 4.69) is 20.9 Å². The van der Waals surface area contributed by atoms with E-state index in [1.807, 2.05) is 51.8 Å². The zero-order valence-corrected chi connectivity index (χ0v) is 22.8. The van der Waals surface area contributed by atoms with Gasteiger partial charge in [0.2, 0.25) is 0 Å². The molecule has 0 unspecified atom stereocenters. The van der Waals surface area contributed by atoms with E-state index in [1.165, 1.54) is 9.18 Å².